The first-order chi connectivity index (χ1) is 7.66. The summed E-state index contributed by atoms with van der Waals surface area (Å²) in [6.45, 7) is 1.77. The Bertz CT molecular complexity index is 206. The second kappa shape index (κ2) is 10.4. The van der Waals surface area contributed by atoms with E-state index in [9.17, 15) is 14.9 Å². The highest BCUT2D eigenvalue weighted by molar-refractivity contribution is 5.79. The van der Waals surface area contributed by atoms with Gasteiger partial charge in [0.25, 0.3) is 5.09 Å². The summed E-state index contributed by atoms with van der Waals surface area (Å²) in [5.41, 5.74) is 0. The van der Waals surface area contributed by atoms with Crippen molar-refractivity contribution in [1.82, 2.24) is 0 Å². The van der Waals surface area contributed by atoms with Crippen molar-refractivity contribution in [3.05, 3.63) is 10.1 Å². The van der Waals surface area contributed by atoms with E-state index in [2.05, 4.69) is 11.8 Å². The zero-order valence-corrected chi connectivity index (χ0v) is 9.94. The Labute approximate surface area is 96.3 Å². The number of hydrogen-bond donors (Lipinski definition) is 0. The van der Waals surface area contributed by atoms with Gasteiger partial charge in [-0.1, -0.05) is 45.4 Å². The number of ketones is 1. The smallest absolute Gasteiger partial charge is 0.294 e. The average Bonchev–Trinajstić information content (AvgIpc) is 2.25. The predicted octanol–water partition coefficient (Wildman–Crippen LogP) is 2.90. The maximum atomic E-state index is 11.1. The molecule has 0 amide bonds. The van der Waals surface area contributed by atoms with Crippen molar-refractivity contribution in [2.45, 2.75) is 58.3 Å². The highest BCUT2D eigenvalue weighted by Crippen LogP contribution is 2.08. The molecule has 0 aliphatic rings. The van der Waals surface area contributed by atoms with Crippen LogP contribution in [0.4, 0.5) is 0 Å². The van der Waals surface area contributed by atoms with Gasteiger partial charge in [0.15, 0.2) is 12.4 Å². The molecule has 0 bridgehead atoms. The summed E-state index contributed by atoms with van der Waals surface area (Å²) < 4.78 is 0. The molecule has 0 aromatic rings. The van der Waals surface area contributed by atoms with Crippen LogP contribution in [-0.2, 0) is 9.63 Å². The molecule has 16 heavy (non-hydrogen) atoms. The van der Waals surface area contributed by atoms with Crippen LogP contribution in [0, 0.1) is 10.1 Å². The van der Waals surface area contributed by atoms with Gasteiger partial charge < -0.3 is 4.84 Å². The second-order valence-corrected chi connectivity index (χ2v) is 3.91. The third-order valence-electron chi connectivity index (χ3n) is 2.39. The van der Waals surface area contributed by atoms with E-state index >= 15 is 0 Å². The number of carbonyl (C=O) groups is 1. The van der Waals surface area contributed by atoms with E-state index in [0.717, 1.165) is 19.3 Å². The molecule has 0 aliphatic heterocycles. The van der Waals surface area contributed by atoms with Gasteiger partial charge in [0.1, 0.15) is 0 Å². The van der Waals surface area contributed by atoms with Crippen LogP contribution in [-0.4, -0.2) is 17.5 Å². The molecule has 94 valence electrons. The zero-order chi connectivity index (χ0) is 12.2. The van der Waals surface area contributed by atoms with Gasteiger partial charge in [0, 0.05) is 6.42 Å². The van der Waals surface area contributed by atoms with Crippen LogP contribution in [0.25, 0.3) is 0 Å². The molecule has 0 radical (unpaired) electrons. The first kappa shape index (κ1) is 14.9. The van der Waals surface area contributed by atoms with Crippen molar-refractivity contribution in [2.24, 2.45) is 0 Å². The topological polar surface area (TPSA) is 69.4 Å². The molecule has 0 rings (SSSR count). The van der Waals surface area contributed by atoms with Gasteiger partial charge in [-0.05, 0) is 6.42 Å². The van der Waals surface area contributed by atoms with Crippen LogP contribution in [0.3, 0.4) is 0 Å². The number of nitrogens with zero attached hydrogens (tertiary/aromatic N) is 1. The van der Waals surface area contributed by atoms with Crippen molar-refractivity contribution in [1.29, 1.82) is 0 Å². The van der Waals surface area contributed by atoms with Gasteiger partial charge in [0.05, 0.1) is 0 Å². The van der Waals surface area contributed by atoms with Gasteiger partial charge in [-0.15, -0.1) is 10.1 Å². The second-order valence-electron chi connectivity index (χ2n) is 3.91. The third-order valence-corrected chi connectivity index (χ3v) is 2.39. The quantitative estimate of drug-likeness (QED) is 0.311. The van der Waals surface area contributed by atoms with E-state index in [-0.39, 0.29) is 5.78 Å². The standard InChI is InChI=1S/C11H21NO4/c1-2-3-4-5-6-7-8-9-11(13)10-16-12(14)15/h2-10H2,1H3. The lowest BCUT2D eigenvalue weighted by molar-refractivity contribution is -0.754. The number of unbranched alkanes of at least 4 members (excludes halogenated alkanes) is 6. The van der Waals surface area contributed by atoms with Gasteiger partial charge in [-0.25, -0.2) is 0 Å². The van der Waals surface area contributed by atoms with Crippen molar-refractivity contribution in [3.63, 3.8) is 0 Å². The molecular weight excluding hydrogens is 210 g/mol. The van der Waals surface area contributed by atoms with Crippen LogP contribution in [0.5, 0.6) is 0 Å². The molecule has 0 aromatic carbocycles. The Balaban J connectivity index is 3.18. The molecule has 0 N–H and O–H groups in total. The average molecular weight is 231 g/mol. The van der Waals surface area contributed by atoms with Crippen LogP contribution in [0.1, 0.15) is 58.3 Å². The molecule has 5 heteroatoms. The van der Waals surface area contributed by atoms with Gasteiger partial charge in [0.2, 0.25) is 0 Å². The Morgan fingerprint density at radius 3 is 2.25 bits per heavy atom. The van der Waals surface area contributed by atoms with E-state index in [4.69, 9.17) is 0 Å². The van der Waals surface area contributed by atoms with Crippen LogP contribution < -0.4 is 0 Å². The number of Topliss-reactive ketones (excluding diaryl/α,β-unsaturated/α-hetero) is 1. The summed E-state index contributed by atoms with van der Waals surface area (Å²) >= 11 is 0. The fourth-order valence-corrected chi connectivity index (χ4v) is 1.48. The Morgan fingerprint density at radius 2 is 1.69 bits per heavy atom. The molecular formula is C11H21NO4. The Morgan fingerprint density at radius 1 is 1.12 bits per heavy atom. The number of rotatable bonds is 11. The van der Waals surface area contributed by atoms with E-state index in [1.807, 2.05) is 0 Å². The predicted molar refractivity (Wildman–Crippen MR) is 60.6 cm³/mol. The van der Waals surface area contributed by atoms with Crippen molar-refractivity contribution >= 4 is 5.78 Å². The molecule has 0 aliphatic carbocycles. The monoisotopic (exact) mass is 231 g/mol. The van der Waals surface area contributed by atoms with E-state index in [1.54, 1.807) is 0 Å². The fourth-order valence-electron chi connectivity index (χ4n) is 1.48. The molecule has 0 spiro atoms. The van der Waals surface area contributed by atoms with Crippen molar-refractivity contribution < 1.29 is 14.7 Å². The minimum absolute atomic E-state index is 0.190. The maximum Gasteiger partial charge on any atom is 0.294 e. The molecule has 0 unspecified atom stereocenters. The summed E-state index contributed by atoms with van der Waals surface area (Å²) in [6.07, 6.45) is 8.35. The fraction of sp³-hybridized carbons (Fsp3) is 0.909. The van der Waals surface area contributed by atoms with E-state index < -0.39 is 11.7 Å². The SMILES string of the molecule is CCCCCCCCCC(=O)CO[N+](=O)[O-]. The van der Waals surface area contributed by atoms with Gasteiger partial charge >= 0.3 is 0 Å². The van der Waals surface area contributed by atoms with Crippen molar-refractivity contribution in [2.75, 3.05) is 6.61 Å². The summed E-state index contributed by atoms with van der Waals surface area (Å²) in [6, 6.07) is 0. The number of hydrogen-bond acceptors (Lipinski definition) is 4. The van der Waals surface area contributed by atoms with Crippen LogP contribution in [0.2, 0.25) is 0 Å². The van der Waals surface area contributed by atoms with Crippen LogP contribution >= 0.6 is 0 Å². The lowest BCUT2D eigenvalue weighted by atomic mass is 10.1. The Kier molecular flexibility index (Phi) is 9.66. The summed E-state index contributed by atoms with van der Waals surface area (Å²) in [4.78, 5) is 24.9. The minimum Gasteiger partial charge on any atom is -0.306 e. The van der Waals surface area contributed by atoms with Crippen LogP contribution in [0.15, 0.2) is 0 Å². The number of carbonyl (C=O) groups excluding carboxylic acids is 1. The molecule has 0 heterocycles. The van der Waals surface area contributed by atoms with E-state index in [1.165, 1.54) is 25.7 Å². The van der Waals surface area contributed by atoms with Crippen molar-refractivity contribution in [3.8, 4) is 0 Å². The molecule has 5 nitrogen and oxygen atoms in total. The first-order valence-corrected chi connectivity index (χ1v) is 5.95. The summed E-state index contributed by atoms with van der Waals surface area (Å²) in [7, 11) is 0. The minimum atomic E-state index is -0.928. The normalized spacial score (nSPS) is 10.1. The molecule has 0 fully saturated rings. The zero-order valence-electron chi connectivity index (χ0n) is 9.94. The molecule has 0 saturated carbocycles. The lowest BCUT2D eigenvalue weighted by Gasteiger charge is -2.01. The molecule has 0 aromatic heterocycles. The summed E-state index contributed by atoms with van der Waals surface area (Å²) in [5.74, 6) is -0.190. The Hall–Kier alpha value is -1.13. The highest BCUT2D eigenvalue weighted by atomic mass is 16.9. The van der Waals surface area contributed by atoms with Gasteiger partial charge in [-0.3, -0.25) is 4.79 Å². The third kappa shape index (κ3) is 10.9. The van der Waals surface area contributed by atoms with Gasteiger partial charge in [-0.2, -0.15) is 0 Å². The molecule has 0 saturated heterocycles. The lowest BCUT2D eigenvalue weighted by Crippen LogP contribution is -2.12. The summed E-state index contributed by atoms with van der Waals surface area (Å²) in [5, 5.41) is 8.88. The molecule has 0 atom stereocenters. The van der Waals surface area contributed by atoms with E-state index in [0.29, 0.717) is 6.42 Å². The first-order valence-electron chi connectivity index (χ1n) is 5.95. The largest absolute Gasteiger partial charge is 0.306 e. The maximum absolute atomic E-state index is 11.1. The highest BCUT2D eigenvalue weighted by Gasteiger charge is 2.04.